The Morgan fingerprint density at radius 1 is 1.33 bits per heavy atom. The molecule has 0 atom stereocenters. The first-order valence-corrected chi connectivity index (χ1v) is 8.56. The number of thiophene rings is 1. The van der Waals surface area contributed by atoms with Gasteiger partial charge < -0.3 is 4.98 Å². The highest BCUT2D eigenvalue weighted by atomic mass is 32.1. The zero-order chi connectivity index (χ0) is 16.5. The van der Waals surface area contributed by atoms with Crippen molar-refractivity contribution in [3.8, 4) is 10.7 Å². The number of nitrogens with zero attached hydrogens (tertiary/aromatic N) is 3. The maximum atomic E-state index is 13.7. The molecule has 7 heteroatoms. The molecule has 0 saturated heterocycles. The summed E-state index contributed by atoms with van der Waals surface area (Å²) in [5.74, 6) is 0.170. The van der Waals surface area contributed by atoms with Crippen molar-refractivity contribution in [1.82, 2.24) is 19.9 Å². The van der Waals surface area contributed by atoms with E-state index in [2.05, 4.69) is 15.0 Å². The third-order valence-electron chi connectivity index (χ3n) is 4.13. The molecule has 24 heavy (non-hydrogen) atoms. The molecule has 4 heterocycles. The van der Waals surface area contributed by atoms with Crippen LogP contribution in [-0.4, -0.2) is 26.4 Å². The van der Waals surface area contributed by atoms with Gasteiger partial charge in [-0.3, -0.25) is 9.69 Å². The number of rotatable bonds is 3. The monoisotopic (exact) mass is 342 g/mol. The summed E-state index contributed by atoms with van der Waals surface area (Å²) < 4.78 is 13.7. The molecule has 1 N–H and O–H groups in total. The fourth-order valence-electron chi connectivity index (χ4n) is 2.92. The molecular weight excluding hydrogens is 327 g/mol. The van der Waals surface area contributed by atoms with Gasteiger partial charge in [-0.1, -0.05) is 12.1 Å². The normalized spacial score (nSPS) is 14.5. The third kappa shape index (κ3) is 2.88. The van der Waals surface area contributed by atoms with Crippen LogP contribution in [0.2, 0.25) is 0 Å². The van der Waals surface area contributed by atoms with Gasteiger partial charge in [0.1, 0.15) is 0 Å². The third-order valence-corrected chi connectivity index (χ3v) is 5.01. The summed E-state index contributed by atoms with van der Waals surface area (Å²) in [5, 5.41) is 1.96. The standard InChI is InChI=1S/C17H15FN4OS/c18-15-11(3-1-6-19-15)9-22-7-5-13-12(10-22)17(23)21-16(20-13)14-4-2-8-24-14/h1-4,6,8H,5,7,9-10H2,(H,20,21,23). The Morgan fingerprint density at radius 3 is 3.04 bits per heavy atom. The fourth-order valence-corrected chi connectivity index (χ4v) is 3.59. The van der Waals surface area contributed by atoms with Gasteiger partial charge in [0.05, 0.1) is 16.1 Å². The van der Waals surface area contributed by atoms with E-state index in [4.69, 9.17) is 0 Å². The lowest BCUT2D eigenvalue weighted by molar-refractivity contribution is 0.237. The Balaban J connectivity index is 1.60. The predicted octanol–water partition coefficient (Wildman–Crippen LogP) is 2.59. The molecule has 3 aromatic rings. The number of hydrogen-bond donors (Lipinski definition) is 1. The van der Waals surface area contributed by atoms with Gasteiger partial charge in [0.15, 0.2) is 5.82 Å². The van der Waals surface area contributed by atoms with Crippen molar-refractivity contribution in [1.29, 1.82) is 0 Å². The summed E-state index contributed by atoms with van der Waals surface area (Å²) in [6.07, 6.45) is 2.12. The molecule has 0 saturated carbocycles. The van der Waals surface area contributed by atoms with Crippen LogP contribution >= 0.6 is 11.3 Å². The van der Waals surface area contributed by atoms with Gasteiger partial charge in [-0.05, 0) is 17.5 Å². The van der Waals surface area contributed by atoms with Crippen molar-refractivity contribution < 1.29 is 4.39 Å². The number of halogens is 1. The second-order valence-corrected chi connectivity index (χ2v) is 6.68. The Labute approximate surface area is 141 Å². The van der Waals surface area contributed by atoms with E-state index < -0.39 is 5.95 Å². The minimum Gasteiger partial charge on any atom is -0.306 e. The second kappa shape index (κ2) is 6.26. The van der Waals surface area contributed by atoms with E-state index in [1.807, 2.05) is 22.4 Å². The van der Waals surface area contributed by atoms with E-state index in [0.717, 1.165) is 17.1 Å². The molecule has 0 aromatic carbocycles. The molecule has 0 aliphatic carbocycles. The first kappa shape index (κ1) is 15.2. The smallest absolute Gasteiger partial charge is 0.255 e. The lowest BCUT2D eigenvalue weighted by Gasteiger charge is -2.27. The van der Waals surface area contributed by atoms with Crippen LogP contribution in [0, 0.1) is 5.95 Å². The number of nitrogens with one attached hydrogen (secondary N) is 1. The van der Waals surface area contributed by atoms with Crippen molar-refractivity contribution in [3.05, 3.63) is 69.0 Å². The van der Waals surface area contributed by atoms with Crippen molar-refractivity contribution in [3.63, 3.8) is 0 Å². The molecule has 0 fully saturated rings. The lowest BCUT2D eigenvalue weighted by atomic mass is 10.1. The topological polar surface area (TPSA) is 61.9 Å². The van der Waals surface area contributed by atoms with Gasteiger partial charge in [-0.2, -0.15) is 4.39 Å². The van der Waals surface area contributed by atoms with Gasteiger partial charge in [0.25, 0.3) is 5.56 Å². The van der Waals surface area contributed by atoms with Crippen LogP contribution in [0.3, 0.4) is 0 Å². The van der Waals surface area contributed by atoms with E-state index >= 15 is 0 Å². The lowest BCUT2D eigenvalue weighted by Crippen LogP contribution is -2.35. The Bertz CT molecular complexity index is 923. The summed E-state index contributed by atoms with van der Waals surface area (Å²) in [4.78, 5) is 26.6. The average Bonchev–Trinajstić information content (AvgIpc) is 3.12. The highest BCUT2D eigenvalue weighted by molar-refractivity contribution is 7.13. The molecule has 1 aliphatic heterocycles. The van der Waals surface area contributed by atoms with Crippen molar-refractivity contribution in [2.45, 2.75) is 19.5 Å². The van der Waals surface area contributed by atoms with Crippen LogP contribution in [0.4, 0.5) is 4.39 Å². The summed E-state index contributed by atoms with van der Waals surface area (Å²) >= 11 is 1.55. The number of hydrogen-bond acceptors (Lipinski definition) is 5. The summed E-state index contributed by atoms with van der Waals surface area (Å²) in [5.41, 5.74) is 1.94. The summed E-state index contributed by atoms with van der Waals surface area (Å²) in [6, 6.07) is 7.32. The molecule has 0 radical (unpaired) electrons. The van der Waals surface area contributed by atoms with Crippen LogP contribution in [0.5, 0.6) is 0 Å². The zero-order valence-corrected chi connectivity index (χ0v) is 13.6. The quantitative estimate of drug-likeness (QED) is 0.743. The zero-order valence-electron chi connectivity index (χ0n) is 12.8. The molecule has 0 amide bonds. The largest absolute Gasteiger partial charge is 0.306 e. The van der Waals surface area contributed by atoms with E-state index in [0.29, 0.717) is 36.5 Å². The minimum absolute atomic E-state index is 0.111. The van der Waals surface area contributed by atoms with Crippen LogP contribution in [-0.2, 0) is 19.5 Å². The maximum Gasteiger partial charge on any atom is 0.255 e. The molecule has 0 spiro atoms. The maximum absolute atomic E-state index is 13.7. The molecule has 122 valence electrons. The van der Waals surface area contributed by atoms with Gasteiger partial charge in [-0.15, -0.1) is 11.3 Å². The Morgan fingerprint density at radius 2 is 2.25 bits per heavy atom. The van der Waals surface area contributed by atoms with Gasteiger partial charge in [-0.25, -0.2) is 9.97 Å². The van der Waals surface area contributed by atoms with E-state index in [1.165, 1.54) is 6.20 Å². The average molecular weight is 342 g/mol. The first-order valence-electron chi connectivity index (χ1n) is 7.68. The number of pyridine rings is 1. The predicted molar refractivity (Wildman–Crippen MR) is 90.2 cm³/mol. The fraction of sp³-hybridized carbons (Fsp3) is 0.235. The minimum atomic E-state index is -0.455. The number of aromatic nitrogens is 3. The SMILES string of the molecule is O=c1[nH]c(-c2cccs2)nc2c1CN(Cc1cccnc1F)CC2. The van der Waals surface area contributed by atoms with E-state index in [1.54, 1.807) is 23.5 Å². The van der Waals surface area contributed by atoms with Crippen LogP contribution in [0.15, 0.2) is 40.6 Å². The molecule has 5 nitrogen and oxygen atoms in total. The van der Waals surface area contributed by atoms with Crippen LogP contribution < -0.4 is 5.56 Å². The first-order chi connectivity index (χ1) is 11.7. The molecule has 3 aromatic heterocycles. The highest BCUT2D eigenvalue weighted by Gasteiger charge is 2.22. The molecule has 0 bridgehead atoms. The highest BCUT2D eigenvalue weighted by Crippen LogP contribution is 2.23. The summed E-state index contributed by atoms with van der Waals surface area (Å²) in [7, 11) is 0. The molecule has 4 rings (SSSR count). The second-order valence-electron chi connectivity index (χ2n) is 5.73. The van der Waals surface area contributed by atoms with Crippen molar-refractivity contribution >= 4 is 11.3 Å². The number of fused-ring (bicyclic) bond motifs is 1. The van der Waals surface area contributed by atoms with Gasteiger partial charge in [0, 0.05) is 37.8 Å². The van der Waals surface area contributed by atoms with Gasteiger partial charge >= 0.3 is 0 Å². The van der Waals surface area contributed by atoms with Gasteiger partial charge in [0.2, 0.25) is 5.95 Å². The molecule has 1 aliphatic rings. The van der Waals surface area contributed by atoms with Crippen LogP contribution in [0.25, 0.3) is 10.7 Å². The van der Waals surface area contributed by atoms with E-state index in [-0.39, 0.29) is 5.56 Å². The number of aromatic amines is 1. The number of H-pyrrole nitrogens is 1. The van der Waals surface area contributed by atoms with Crippen LogP contribution in [0.1, 0.15) is 16.8 Å². The molecule has 0 unspecified atom stereocenters. The molecular formula is C17H15FN4OS. The van der Waals surface area contributed by atoms with Crippen molar-refractivity contribution in [2.24, 2.45) is 0 Å². The Kier molecular flexibility index (Phi) is 3.95. The van der Waals surface area contributed by atoms with Crippen molar-refractivity contribution in [2.75, 3.05) is 6.54 Å². The van der Waals surface area contributed by atoms with E-state index in [9.17, 15) is 9.18 Å². The summed E-state index contributed by atoms with van der Waals surface area (Å²) in [6.45, 7) is 1.64. The Hall–Kier alpha value is -2.38.